The van der Waals surface area contributed by atoms with Gasteiger partial charge in [-0.3, -0.25) is 4.79 Å². The first-order valence-electron chi connectivity index (χ1n) is 8.68. The second kappa shape index (κ2) is 7.82. The molecule has 0 unspecified atom stereocenters. The molecular formula is C19H28BNO5. The van der Waals surface area contributed by atoms with Gasteiger partial charge in [0.15, 0.2) is 0 Å². The molecule has 0 aliphatic carbocycles. The fraction of sp³-hybridized carbons (Fsp3) is 0.526. The molecule has 1 heterocycles. The average molecular weight is 361 g/mol. The molecular weight excluding hydrogens is 333 g/mol. The van der Waals surface area contributed by atoms with E-state index in [-0.39, 0.29) is 12.5 Å². The van der Waals surface area contributed by atoms with Crippen molar-refractivity contribution in [3.8, 4) is 5.75 Å². The smallest absolute Gasteiger partial charge is 0.492 e. The van der Waals surface area contributed by atoms with Crippen LogP contribution in [0.3, 0.4) is 0 Å². The molecule has 0 aromatic heterocycles. The minimum Gasteiger partial charge on any atom is -0.496 e. The van der Waals surface area contributed by atoms with Gasteiger partial charge < -0.3 is 24.5 Å². The van der Waals surface area contributed by atoms with Crippen molar-refractivity contribution in [3.05, 3.63) is 34.8 Å². The number of rotatable bonds is 6. The molecule has 0 spiro atoms. The van der Waals surface area contributed by atoms with Gasteiger partial charge in [-0.05, 0) is 44.8 Å². The fourth-order valence-corrected chi connectivity index (χ4v) is 2.62. The molecule has 6 nitrogen and oxygen atoms in total. The molecule has 2 rings (SSSR count). The van der Waals surface area contributed by atoms with Crippen LogP contribution in [0.15, 0.2) is 23.7 Å². The Hall–Kier alpha value is -1.83. The maximum atomic E-state index is 11.4. The quantitative estimate of drug-likeness (QED) is 0.761. The lowest BCUT2D eigenvalue weighted by atomic mass is 9.77. The predicted octanol–water partition coefficient (Wildman–Crippen LogP) is 2.34. The van der Waals surface area contributed by atoms with Crippen LogP contribution in [0.25, 0.3) is 6.08 Å². The molecule has 0 radical (unpaired) electrons. The number of benzene rings is 1. The van der Waals surface area contributed by atoms with Gasteiger partial charge in [0.1, 0.15) is 5.75 Å². The molecule has 0 saturated carbocycles. The third kappa shape index (κ3) is 4.47. The maximum Gasteiger partial charge on any atom is 0.492 e. The molecule has 26 heavy (non-hydrogen) atoms. The summed E-state index contributed by atoms with van der Waals surface area (Å²) in [4.78, 5) is 11.4. The zero-order valence-corrected chi connectivity index (χ0v) is 16.4. The average Bonchev–Trinajstić information content (AvgIpc) is 2.78. The summed E-state index contributed by atoms with van der Waals surface area (Å²) in [6.45, 7) is 9.65. The number of hydrogen-bond acceptors (Lipinski definition) is 5. The van der Waals surface area contributed by atoms with Crippen LogP contribution >= 0.6 is 0 Å². The molecule has 1 aliphatic heterocycles. The van der Waals surface area contributed by atoms with Crippen molar-refractivity contribution in [2.75, 3.05) is 13.7 Å². The van der Waals surface area contributed by atoms with Crippen molar-refractivity contribution < 1.29 is 23.9 Å². The van der Waals surface area contributed by atoms with Crippen LogP contribution in [0.1, 0.15) is 45.7 Å². The third-order valence-corrected chi connectivity index (χ3v) is 4.93. The molecule has 2 N–H and O–H groups in total. The van der Waals surface area contributed by atoms with E-state index in [1.54, 1.807) is 7.11 Å². The topological polar surface area (TPSA) is 77.0 Å². The predicted molar refractivity (Wildman–Crippen MR) is 102 cm³/mol. The number of amides is 1. The molecule has 142 valence electrons. The highest BCUT2D eigenvalue weighted by Crippen LogP contribution is 2.38. The van der Waals surface area contributed by atoms with Crippen LogP contribution in [0.2, 0.25) is 0 Å². The fourth-order valence-electron chi connectivity index (χ4n) is 2.62. The Bertz CT molecular complexity index is 683. The monoisotopic (exact) mass is 361 g/mol. The summed E-state index contributed by atoms with van der Waals surface area (Å²) in [6, 6.07) is 5.53. The van der Waals surface area contributed by atoms with Crippen LogP contribution < -0.4 is 10.1 Å². The highest BCUT2D eigenvalue weighted by Gasteiger charge is 2.52. The van der Waals surface area contributed by atoms with E-state index in [2.05, 4.69) is 5.32 Å². The number of aliphatic hydroxyl groups is 1. The Morgan fingerprint density at radius 2 is 1.88 bits per heavy atom. The van der Waals surface area contributed by atoms with Gasteiger partial charge in [0.2, 0.25) is 5.91 Å². The van der Waals surface area contributed by atoms with Gasteiger partial charge in [0, 0.05) is 19.0 Å². The van der Waals surface area contributed by atoms with E-state index >= 15 is 0 Å². The van der Waals surface area contributed by atoms with Crippen LogP contribution in [0.5, 0.6) is 5.75 Å². The number of nitrogens with one attached hydrogen (secondary N) is 1. The van der Waals surface area contributed by atoms with Crippen LogP contribution in [0, 0.1) is 0 Å². The first-order chi connectivity index (χ1) is 12.1. The third-order valence-electron chi connectivity index (χ3n) is 4.93. The highest BCUT2D eigenvalue weighted by molar-refractivity contribution is 6.56. The zero-order valence-electron chi connectivity index (χ0n) is 16.4. The number of methoxy groups -OCH3 is 1. The summed E-state index contributed by atoms with van der Waals surface area (Å²) < 4.78 is 17.6. The first-order valence-corrected chi connectivity index (χ1v) is 8.68. The SMILES string of the molecule is COc1cc(C=C(CNC(C)=O)B2OC(C)(C)C(C)(C)O2)ccc1CO. The van der Waals surface area contributed by atoms with Crippen LogP contribution in [0.4, 0.5) is 0 Å². The number of carbonyl (C=O) groups is 1. The van der Waals surface area contributed by atoms with E-state index in [9.17, 15) is 9.90 Å². The second-order valence-electron chi connectivity index (χ2n) is 7.45. The van der Waals surface area contributed by atoms with E-state index in [1.807, 2.05) is 52.0 Å². The standard InChI is InChI=1S/C19H28BNO5/c1-13(23)21-11-16(20-25-18(2,3)19(4,5)26-20)9-14-7-8-15(12-22)17(10-14)24-6/h7-10,22H,11-12H2,1-6H3,(H,21,23). The largest absolute Gasteiger partial charge is 0.496 e. The van der Waals surface area contributed by atoms with Crippen molar-refractivity contribution in [2.24, 2.45) is 0 Å². The zero-order chi connectivity index (χ0) is 19.5. The Morgan fingerprint density at radius 1 is 1.27 bits per heavy atom. The van der Waals surface area contributed by atoms with Crippen LogP contribution in [-0.2, 0) is 20.7 Å². The number of aliphatic hydroxyl groups excluding tert-OH is 1. The molecule has 0 bridgehead atoms. The minimum absolute atomic E-state index is 0.0941. The van der Waals surface area contributed by atoms with E-state index in [0.29, 0.717) is 17.9 Å². The lowest BCUT2D eigenvalue weighted by Crippen LogP contribution is -2.41. The number of carbonyl (C=O) groups excluding carboxylic acids is 1. The summed E-state index contributed by atoms with van der Waals surface area (Å²) in [7, 11) is 1.00. The molecule has 1 aromatic carbocycles. The van der Waals surface area contributed by atoms with Gasteiger partial charge in [0.05, 0.1) is 24.9 Å². The molecule has 1 saturated heterocycles. The van der Waals surface area contributed by atoms with Gasteiger partial charge in [-0.2, -0.15) is 0 Å². The van der Waals surface area contributed by atoms with Crippen molar-refractivity contribution in [1.82, 2.24) is 5.32 Å². The number of hydrogen-bond donors (Lipinski definition) is 2. The Labute approximate surface area is 155 Å². The second-order valence-corrected chi connectivity index (χ2v) is 7.45. The first kappa shape index (κ1) is 20.5. The Kier molecular flexibility index (Phi) is 6.16. The van der Waals surface area contributed by atoms with E-state index in [4.69, 9.17) is 14.0 Å². The van der Waals surface area contributed by atoms with Crippen LogP contribution in [-0.4, -0.2) is 43.0 Å². The molecule has 7 heteroatoms. The lowest BCUT2D eigenvalue weighted by molar-refractivity contribution is -0.118. The minimum atomic E-state index is -0.560. The highest BCUT2D eigenvalue weighted by atomic mass is 16.7. The summed E-state index contributed by atoms with van der Waals surface area (Å²) in [5, 5.41) is 12.2. The molecule has 0 atom stereocenters. The normalized spacial score (nSPS) is 18.7. The summed E-state index contributed by atoms with van der Waals surface area (Å²) in [5.41, 5.74) is 1.45. The van der Waals surface area contributed by atoms with Crippen molar-refractivity contribution >= 4 is 19.1 Å². The molecule has 1 aliphatic rings. The van der Waals surface area contributed by atoms with Gasteiger partial charge in [-0.25, -0.2) is 0 Å². The van der Waals surface area contributed by atoms with E-state index in [0.717, 1.165) is 11.0 Å². The van der Waals surface area contributed by atoms with Crippen molar-refractivity contribution in [1.29, 1.82) is 0 Å². The van der Waals surface area contributed by atoms with Crippen molar-refractivity contribution in [3.63, 3.8) is 0 Å². The summed E-state index contributed by atoms with van der Waals surface area (Å²) >= 11 is 0. The Balaban J connectivity index is 2.36. The van der Waals surface area contributed by atoms with Gasteiger partial charge in [0.25, 0.3) is 0 Å². The van der Waals surface area contributed by atoms with E-state index < -0.39 is 18.3 Å². The summed E-state index contributed by atoms with van der Waals surface area (Å²) in [6.07, 6.45) is 1.92. The van der Waals surface area contributed by atoms with Gasteiger partial charge in [-0.15, -0.1) is 0 Å². The van der Waals surface area contributed by atoms with Gasteiger partial charge >= 0.3 is 7.12 Å². The maximum absolute atomic E-state index is 11.4. The number of ether oxygens (including phenoxy) is 1. The van der Waals surface area contributed by atoms with Crippen molar-refractivity contribution in [2.45, 2.75) is 52.4 Å². The Morgan fingerprint density at radius 3 is 2.38 bits per heavy atom. The van der Waals surface area contributed by atoms with E-state index in [1.165, 1.54) is 6.92 Å². The van der Waals surface area contributed by atoms with Gasteiger partial charge in [-0.1, -0.05) is 18.2 Å². The lowest BCUT2D eigenvalue weighted by Gasteiger charge is -2.32. The molecule has 1 aromatic rings. The molecule has 1 amide bonds. The molecule has 1 fully saturated rings. The summed E-state index contributed by atoms with van der Waals surface area (Å²) in [5.74, 6) is 0.481.